The normalized spacial score (nSPS) is 10.8. The molecule has 0 unspecified atom stereocenters. The van der Waals surface area contributed by atoms with Gasteiger partial charge in [-0.1, -0.05) is 12.1 Å². The summed E-state index contributed by atoms with van der Waals surface area (Å²) in [7, 11) is 0. The van der Waals surface area contributed by atoms with E-state index in [9.17, 15) is 4.79 Å². The van der Waals surface area contributed by atoms with Crippen LogP contribution in [0.4, 0.5) is 4.79 Å². The first kappa shape index (κ1) is 13.3. The maximum atomic E-state index is 11.3. The number of nitrogens with zero attached hydrogens (tertiary/aromatic N) is 4. The molecule has 7 nitrogen and oxygen atoms in total. The van der Waals surface area contributed by atoms with Crippen LogP contribution in [0.25, 0.3) is 0 Å². The standard InChI is InChI=1S/C13H12N6O/c20-13(18-16-9-11-5-1-3-7-14-11)19-17-10-12-6-2-4-8-15-12/h1-10H,(H2,18,19,20)/b16-9+,17-10+. The predicted octanol–water partition coefficient (Wildman–Crippen LogP) is 1.14. The molecular formula is C13H12N6O. The van der Waals surface area contributed by atoms with Crippen LogP contribution in [0, 0.1) is 0 Å². The SMILES string of the molecule is O=C(N/N=C/c1ccccn1)N/N=C/c1ccccn1. The minimum Gasteiger partial charge on any atom is -0.255 e. The Balaban J connectivity index is 1.76. The van der Waals surface area contributed by atoms with E-state index in [1.165, 1.54) is 12.4 Å². The van der Waals surface area contributed by atoms with Crippen molar-refractivity contribution in [2.75, 3.05) is 0 Å². The fourth-order valence-electron chi connectivity index (χ4n) is 1.24. The quantitative estimate of drug-likeness (QED) is 0.643. The van der Waals surface area contributed by atoms with E-state index in [1.54, 1.807) is 36.7 Å². The Hall–Kier alpha value is -3.09. The topological polar surface area (TPSA) is 91.6 Å². The molecule has 0 fully saturated rings. The van der Waals surface area contributed by atoms with E-state index >= 15 is 0 Å². The molecule has 0 saturated carbocycles. The van der Waals surface area contributed by atoms with Crippen molar-refractivity contribution in [3.05, 3.63) is 60.2 Å². The third kappa shape index (κ3) is 4.65. The van der Waals surface area contributed by atoms with E-state index in [-0.39, 0.29) is 0 Å². The van der Waals surface area contributed by atoms with Crippen LogP contribution in [-0.2, 0) is 0 Å². The molecule has 0 radical (unpaired) electrons. The van der Waals surface area contributed by atoms with Gasteiger partial charge in [0.2, 0.25) is 0 Å². The van der Waals surface area contributed by atoms with Crippen LogP contribution < -0.4 is 10.9 Å². The summed E-state index contributed by atoms with van der Waals surface area (Å²) in [6.07, 6.45) is 6.14. The summed E-state index contributed by atoms with van der Waals surface area (Å²) < 4.78 is 0. The third-order valence-electron chi connectivity index (χ3n) is 2.10. The molecule has 2 amide bonds. The van der Waals surface area contributed by atoms with Crippen molar-refractivity contribution >= 4 is 18.5 Å². The first-order chi connectivity index (χ1) is 9.84. The Morgan fingerprint density at radius 3 is 1.80 bits per heavy atom. The van der Waals surface area contributed by atoms with Gasteiger partial charge in [-0.15, -0.1) is 0 Å². The van der Waals surface area contributed by atoms with Gasteiger partial charge >= 0.3 is 6.03 Å². The van der Waals surface area contributed by atoms with Gasteiger partial charge in [0.15, 0.2) is 0 Å². The van der Waals surface area contributed by atoms with Crippen molar-refractivity contribution in [1.82, 2.24) is 20.8 Å². The second kappa shape index (κ2) is 7.37. The number of aromatic nitrogens is 2. The highest BCUT2D eigenvalue weighted by Gasteiger charge is 1.94. The van der Waals surface area contributed by atoms with Gasteiger partial charge < -0.3 is 0 Å². The van der Waals surface area contributed by atoms with Crippen LogP contribution in [0.3, 0.4) is 0 Å². The molecule has 2 aromatic rings. The summed E-state index contributed by atoms with van der Waals surface area (Å²) >= 11 is 0. The highest BCUT2D eigenvalue weighted by atomic mass is 16.2. The molecule has 0 aliphatic carbocycles. The number of pyridine rings is 2. The fraction of sp³-hybridized carbons (Fsp3) is 0. The number of urea groups is 1. The number of hydrogen-bond acceptors (Lipinski definition) is 5. The molecule has 7 heteroatoms. The van der Waals surface area contributed by atoms with Crippen molar-refractivity contribution < 1.29 is 4.79 Å². The Morgan fingerprint density at radius 2 is 1.40 bits per heavy atom. The number of hydrazone groups is 2. The molecule has 20 heavy (non-hydrogen) atoms. The second-order valence-electron chi connectivity index (χ2n) is 3.58. The zero-order chi connectivity index (χ0) is 14.0. The molecule has 2 heterocycles. The van der Waals surface area contributed by atoms with E-state index in [4.69, 9.17) is 0 Å². The van der Waals surface area contributed by atoms with Gasteiger partial charge in [0.1, 0.15) is 0 Å². The Labute approximate surface area is 115 Å². The number of amides is 2. The van der Waals surface area contributed by atoms with E-state index in [0.717, 1.165) is 0 Å². The average Bonchev–Trinajstić information content (AvgIpc) is 2.49. The van der Waals surface area contributed by atoms with Crippen LogP contribution >= 0.6 is 0 Å². The van der Waals surface area contributed by atoms with E-state index in [0.29, 0.717) is 11.4 Å². The zero-order valence-electron chi connectivity index (χ0n) is 10.5. The Bertz CT molecular complexity index is 543. The van der Waals surface area contributed by atoms with Gasteiger partial charge in [0, 0.05) is 12.4 Å². The molecule has 0 spiro atoms. The molecule has 2 N–H and O–H groups in total. The first-order valence-corrected chi connectivity index (χ1v) is 5.79. The summed E-state index contributed by atoms with van der Waals surface area (Å²) in [5.41, 5.74) is 5.81. The molecule has 0 bridgehead atoms. The average molecular weight is 268 g/mol. The summed E-state index contributed by atoms with van der Waals surface area (Å²) in [5, 5.41) is 7.46. The number of carbonyl (C=O) groups excluding carboxylic acids is 1. The lowest BCUT2D eigenvalue weighted by Crippen LogP contribution is -2.28. The maximum absolute atomic E-state index is 11.3. The summed E-state index contributed by atoms with van der Waals surface area (Å²) in [6.45, 7) is 0. The van der Waals surface area contributed by atoms with Crippen LogP contribution in [0.5, 0.6) is 0 Å². The van der Waals surface area contributed by atoms with Gasteiger partial charge in [0.05, 0.1) is 23.8 Å². The van der Waals surface area contributed by atoms with Gasteiger partial charge in [0.25, 0.3) is 0 Å². The molecule has 2 rings (SSSR count). The molecule has 100 valence electrons. The smallest absolute Gasteiger partial charge is 0.255 e. The van der Waals surface area contributed by atoms with Crippen molar-refractivity contribution in [3.8, 4) is 0 Å². The number of carbonyl (C=O) groups is 1. The molecule has 2 aromatic heterocycles. The lowest BCUT2D eigenvalue weighted by molar-refractivity contribution is 0.242. The molecule has 0 aliphatic heterocycles. The van der Waals surface area contributed by atoms with Gasteiger partial charge in [-0.3, -0.25) is 9.97 Å². The number of nitrogens with one attached hydrogen (secondary N) is 2. The monoisotopic (exact) mass is 268 g/mol. The van der Waals surface area contributed by atoms with Crippen LogP contribution in [-0.4, -0.2) is 28.4 Å². The second-order valence-corrected chi connectivity index (χ2v) is 3.58. The maximum Gasteiger partial charge on any atom is 0.355 e. The highest BCUT2D eigenvalue weighted by Crippen LogP contribution is 1.88. The third-order valence-corrected chi connectivity index (χ3v) is 2.10. The van der Waals surface area contributed by atoms with Crippen LogP contribution in [0.2, 0.25) is 0 Å². The van der Waals surface area contributed by atoms with Crippen LogP contribution in [0.1, 0.15) is 11.4 Å². The van der Waals surface area contributed by atoms with Crippen molar-refractivity contribution in [2.45, 2.75) is 0 Å². The lowest BCUT2D eigenvalue weighted by Gasteiger charge is -1.97. The summed E-state index contributed by atoms with van der Waals surface area (Å²) in [5.74, 6) is 0. The Kier molecular flexibility index (Phi) is 4.92. The van der Waals surface area contributed by atoms with Crippen molar-refractivity contribution in [1.29, 1.82) is 0 Å². The van der Waals surface area contributed by atoms with Crippen molar-refractivity contribution in [3.63, 3.8) is 0 Å². The van der Waals surface area contributed by atoms with Crippen LogP contribution in [0.15, 0.2) is 59.0 Å². The summed E-state index contributed by atoms with van der Waals surface area (Å²) in [4.78, 5) is 19.4. The molecule has 0 atom stereocenters. The lowest BCUT2D eigenvalue weighted by atomic mass is 10.4. The molecule has 0 aromatic carbocycles. The Morgan fingerprint density at radius 1 is 0.900 bits per heavy atom. The summed E-state index contributed by atoms with van der Waals surface area (Å²) in [6, 6.07) is 10.2. The van der Waals surface area contributed by atoms with Gasteiger partial charge in [-0.05, 0) is 24.3 Å². The minimum atomic E-state index is -0.552. The molecule has 0 saturated heterocycles. The van der Waals surface area contributed by atoms with Crippen molar-refractivity contribution in [2.24, 2.45) is 10.2 Å². The molecule has 0 aliphatic rings. The molecular weight excluding hydrogens is 256 g/mol. The minimum absolute atomic E-state index is 0.552. The fourth-order valence-corrected chi connectivity index (χ4v) is 1.24. The van der Waals surface area contributed by atoms with E-state index in [1.807, 2.05) is 12.1 Å². The number of rotatable bonds is 4. The zero-order valence-corrected chi connectivity index (χ0v) is 10.5. The highest BCUT2D eigenvalue weighted by molar-refractivity contribution is 5.81. The van der Waals surface area contributed by atoms with E-state index in [2.05, 4.69) is 31.0 Å². The largest absolute Gasteiger partial charge is 0.355 e. The van der Waals surface area contributed by atoms with Gasteiger partial charge in [-0.25, -0.2) is 15.6 Å². The first-order valence-electron chi connectivity index (χ1n) is 5.79. The number of hydrogen-bond donors (Lipinski definition) is 2. The van der Waals surface area contributed by atoms with E-state index < -0.39 is 6.03 Å². The van der Waals surface area contributed by atoms with Gasteiger partial charge in [-0.2, -0.15) is 10.2 Å². The predicted molar refractivity (Wildman–Crippen MR) is 75.3 cm³/mol.